The topological polar surface area (TPSA) is 24.5 Å². The summed E-state index contributed by atoms with van der Waals surface area (Å²) in [5, 5.41) is 3.56. The van der Waals surface area contributed by atoms with Crippen molar-refractivity contribution in [2.45, 2.75) is 51.7 Å². The highest BCUT2D eigenvalue weighted by Gasteiger charge is 2.38. The molecule has 0 aliphatic carbocycles. The molecule has 2 bridgehead atoms. The standard InChI is InChI=1S/C15H28N2O/c1-15(2,12-4-3-7-16-8-12)11-17-9-13-5-6-14(10-17)18-13/h12-14,16H,3-11H2,1-2H3. The molecule has 3 aliphatic rings. The highest BCUT2D eigenvalue weighted by molar-refractivity contribution is 4.90. The Hall–Kier alpha value is -0.120. The Balaban J connectivity index is 1.57. The van der Waals surface area contributed by atoms with Gasteiger partial charge in [-0.15, -0.1) is 0 Å². The van der Waals surface area contributed by atoms with Crippen LogP contribution in [0, 0.1) is 11.3 Å². The van der Waals surface area contributed by atoms with E-state index in [0.29, 0.717) is 17.6 Å². The van der Waals surface area contributed by atoms with Crippen molar-refractivity contribution in [3.63, 3.8) is 0 Å². The number of fused-ring (bicyclic) bond motifs is 2. The molecular weight excluding hydrogens is 224 g/mol. The third-order valence-corrected chi connectivity index (χ3v) is 5.15. The predicted octanol–water partition coefficient (Wildman–Crippen LogP) is 1.88. The van der Waals surface area contributed by atoms with Crippen molar-refractivity contribution in [1.82, 2.24) is 10.2 Å². The van der Waals surface area contributed by atoms with E-state index in [1.54, 1.807) is 0 Å². The Kier molecular flexibility index (Phi) is 3.65. The van der Waals surface area contributed by atoms with Crippen molar-refractivity contribution in [3.8, 4) is 0 Å². The summed E-state index contributed by atoms with van der Waals surface area (Å²) in [5.74, 6) is 0.840. The van der Waals surface area contributed by atoms with Crippen molar-refractivity contribution in [3.05, 3.63) is 0 Å². The molecule has 3 unspecified atom stereocenters. The lowest BCUT2D eigenvalue weighted by atomic mass is 9.74. The van der Waals surface area contributed by atoms with Gasteiger partial charge in [0, 0.05) is 19.6 Å². The van der Waals surface area contributed by atoms with Crippen LogP contribution in [0.4, 0.5) is 0 Å². The van der Waals surface area contributed by atoms with Crippen LogP contribution >= 0.6 is 0 Å². The minimum Gasteiger partial charge on any atom is -0.372 e. The average molecular weight is 252 g/mol. The second kappa shape index (κ2) is 5.10. The molecule has 18 heavy (non-hydrogen) atoms. The fourth-order valence-corrected chi connectivity index (χ4v) is 4.05. The molecule has 3 heterocycles. The van der Waals surface area contributed by atoms with Gasteiger partial charge < -0.3 is 10.1 Å². The maximum absolute atomic E-state index is 5.93. The number of nitrogens with one attached hydrogen (secondary N) is 1. The molecule has 3 fully saturated rings. The van der Waals surface area contributed by atoms with Crippen molar-refractivity contribution < 1.29 is 4.74 Å². The van der Waals surface area contributed by atoms with Crippen LogP contribution in [0.15, 0.2) is 0 Å². The van der Waals surface area contributed by atoms with Crippen molar-refractivity contribution in [2.24, 2.45) is 11.3 Å². The van der Waals surface area contributed by atoms with E-state index in [1.165, 1.54) is 58.4 Å². The van der Waals surface area contributed by atoms with Gasteiger partial charge in [0.15, 0.2) is 0 Å². The first kappa shape index (κ1) is 12.9. The van der Waals surface area contributed by atoms with E-state index in [9.17, 15) is 0 Å². The van der Waals surface area contributed by atoms with Crippen LogP contribution in [-0.4, -0.2) is 49.8 Å². The monoisotopic (exact) mass is 252 g/mol. The molecule has 0 saturated carbocycles. The smallest absolute Gasteiger partial charge is 0.0707 e. The van der Waals surface area contributed by atoms with Gasteiger partial charge in [0.2, 0.25) is 0 Å². The van der Waals surface area contributed by atoms with E-state index >= 15 is 0 Å². The second-order valence-electron chi connectivity index (χ2n) is 7.18. The molecule has 3 atom stereocenters. The van der Waals surface area contributed by atoms with E-state index in [0.717, 1.165) is 5.92 Å². The number of rotatable bonds is 3. The molecule has 0 amide bonds. The maximum Gasteiger partial charge on any atom is 0.0707 e. The summed E-state index contributed by atoms with van der Waals surface area (Å²) < 4.78 is 5.93. The molecule has 3 saturated heterocycles. The second-order valence-corrected chi connectivity index (χ2v) is 7.18. The molecule has 0 spiro atoms. The van der Waals surface area contributed by atoms with Crippen molar-refractivity contribution >= 4 is 0 Å². The number of nitrogens with zero attached hydrogens (tertiary/aromatic N) is 1. The molecule has 104 valence electrons. The van der Waals surface area contributed by atoms with Crippen LogP contribution < -0.4 is 5.32 Å². The van der Waals surface area contributed by atoms with Crippen LogP contribution in [0.3, 0.4) is 0 Å². The molecule has 3 aliphatic heterocycles. The van der Waals surface area contributed by atoms with E-state index in [-0.39, 0.29) is 0 Å². The molecule has 3 rings (SSSR count). The average Bonchev–Trinajstić information content (AvgIpc) is 2.69. The first-order valence-electron chi connectivity index (χ1n) is 7.72. The van der Waals surface area contributed by atoms with E-state index in [1.807, 2.05) is 0 Å². The lowest BCUT2D eigenvalue weighted by Crippen LogP contribution is -2.50. The van der Waals surface area contributed by atoms with Gasteiger partial charge in [0.05, 0.1) is 12.2 Å². The third kappa shape index (κ3) is 2.73. The molecule has 0 aromatic rings. The zero-order chi connectivity index (χ0) is 12.6. The Morgan fingerprint density at radius 3 is 2.50 bits per heavy atom. The molecule has 0 aromatic heterocycles. The number of hydrogen-bond donors (Lipinski definition) is 1. The van der Waals surface area contributed by atoms with Gasteiger partial charge in [-0.3, -0.25) is 4.90 Å². The van der Waals surface area contributed by atoms with Crippen molar-refractivity contribution in [2.75, 3.05) is 32.7 Å². The normalized spacial score (nSPS) is 38.0. The summed E-state index contributed by atoms with van der Waals surface area (Å²) in [4.78, 5) is 2.67. The van der Waals surface area contributed by atoms with Gasteiger partial charge in [0.1, 0.15) is 0 Å². The van der Waals surface area contributed by atoms with Crippen LogP contribution in [0.25, 0.3) is 0 Å². The van der Waals surface area contributed by atoms with Gasteiger partial charge >= 0.3 is 0 Å². The van der Waals surface area contributed by atoms with Crippen LogP contribution in [0.2, 0.25) is 0 Å². The van der Waals surface area contributed by atoms with Crippen LogP contribution in [-0.2, 0) is 4.74 Å². The first-order valence-corrected chi connectivity index (χ1v) is 7.72. The molecule has 0 aromatic carbocycles. The Labute approximate surface area is 111 Å². The molecule has 3 nitrogen and oxygen atoms in total. The zero-order valence-corrected chi connectivity index (χ0v) is 12.0. The summed E-state index contributed by atoms with van der Waals surface area (Å²) in [6, 6.07) is 0. The number of ether oxygens (including phenoxy) is 1. The van der Waals surface area contributed by atoms with Crippen molar-refractivity contribution in [1.29, 1.82) is 0 Å². The first-order chi connectivity index (χ1) is 8.63. The van der Waals surface area contributed by atoms with Crippen LogP contribution in [0.1, 0.15) is 39.5 Å². The predicted molar refractivity (Wildman–Crippen MR) is 73.7 cm³/mol. The lowest BCUT2D eigenvalue weighted by molar-refractivity contribution is -0.0537. The van der Waals surface area contributed by atoms with E-state index in [2.05, 4.69) is 24.1 Å². The maximum atomic E-state index is 5.93. The summed E-state index contributed by atoms with van der Waals surface area (Å²) >= 11 is 0. The summed E-state index contributed by atoms with van der Waals surface area (Å²) in [6.07, 6.45) is 6.38. The minimum absolute atomic E-state index is 0.435. The third-order valence-electron chi connectivity index (χ3n) is 5.15. The molecule has 0 radical (unpaired) electrons. The number of morpholine rings is 1. The van der Waals surface area contributed by atoms with Gasteiger partial charge in [-0.1, -0.05) is 13.8 Å². The summed E-state index contributed by atoms with van der Waals surface area (Å²) in [6.45, 7) is 10.9. The minimum atomic E-state index is 0.435. The Morgan fingerprint density at radius 1 is 1.17 bits per heavy atom. The highest BCUT2D eigenvalue weighted by Crippen LogP contribution is 2.35. The fourth-order valence-electron chi connectivity index (χ4n) is 4.05. The summed E-state index contributed by atoms with van der Waals surface area (Å²) in [5.41, 5.74) is 0.435. The SMILES string of the molecule is CC(C)(CN1CC2CCC(C1)O2)C1CCCNC1. The van der Waals surface area contributed by atoms with Gasteiger partial charge in [-0.2, -0.15) is 0 Å². The lowest BCUT2D eigenvalue weighted by Gasteiger charge is -2.43. The van der Waals surface area contributed by atoms with E-state index in [4.69, 9.17) is 4.74 Å². The van der Waals surface area contributed by atoms with E-state index < -0.39 is 0 Å². The van der Waals surface area contributed by atoms with Crippen LogP contribution in [0.5, 0.6) is 0 Å². The molecule has 3 heteroatoms. The van der Waals surface area contributed by atoms with Gasteiger partial charge in [0.25, 0.3) is 0 Å². The molecule has 1 N–H and O–H groups in total. The number of likely N-dealkylation sites (tertiary alicyclic amines) is 1. The Bertz CT molecular complexity index is 274. The zero-order valence-electron chi connectivity index (χ0n) is 12.0. The van der Waals surface area contributed by atoms with Gasteiger partial charge in [-0.05, 0) is 50.1 Å². The molecular formula is C15H28N2O. The van der Waals surface area contributed by atoms with Gasteiger partial charge in [-0.25, -0.2) is 0 Å². The highest BCUT2D eigenvalue weighted by atomic mass is 16.5. The number of hydrogen-bond acceptors (Lipinski definition) is 3. The summed E-state index contributed by atoms with van der Waals surface area (Å²) in [7, 11) is 0. The Morgan fingerprint density at radius 2 is 1.89 bits per heavy atom. The quantitative estimate of drug-likeness (QED) is 0.830. The largest absolute Gasteiger partial charge is 0.372 e. The fraction of sp³-hybridized carbons (Fsp3) is 1.00. The number of piperidine rings is 1.